The van der Waals surface area contributed by atoms with Crippen LogP contribution < -0.4 is 10.6 Å². The molecule has 4 nitrogen and oxygen atoms in total. The minimum atomic E-state index is -0.553. The summed E-state index contributed by atoms with van der Waals surface area (Å²) in [5.41, 5.74) is 0.321. The Morgan fingerprint density at radius 2 is 1.70 bits per heavy atom. The smallest absolute Gasteiger partial charge is 0.258 e. The molecule has 120 valence electrons. The number of nitrogens with one attached hydrogen (secondary N) is 2. The van der Waals surface area contributed by atoms with Crippen molar-refractivity contribution >= 4 is 75.3 Å². The molecule has 0 aliphatic heterocycles. The maximum absolute atomic E-state index is 12.1. The van der Waals surface area contributed by atoms with E-state index < -0.39 is 5.91 Å². The van der Waals surface area contributed by atoms with Gasteiger partial charge in [0.05, 0.1) is 21.3 Å². The molecule has 0 saturated heterocycles. The number of carbonyl (C=O) groups excluding carboxylic acids is 1. The van der Waals surface area contributed by atoms with Crippen molar-refractivity contribution in [1.82, 2.24) is 5.32 Å². The van der Waals surface area contributed by atoms with Gasteiger partial charge in [0.2, 0.25) is 0 Å². The van der Waals surface area contributed by atoms with E-state index in [9.17, 15) is 9.90 Å². The molecule has 0 saturated carbocycles. The standard InChI is InChI=1S/C14H8Cl4N2O2S/c15-6-1-2-9(17)8(3-6)13(22)20-14(23)19-11-5-7(16)4-10(18)12(11)21/h1-5,21H,(H2,19,20,22,23). The number of hydrogen-bond donors (Lipinski definition) is 3. The Hall–Kier alpha value is -1.24. The largest absolute Gasteiger partial charge is 0.504 e. The van der Waals surface area contributed by atoms with Gasteiger partial charge in [-0.05, 0) is 42.5 Å². The van der Waals surface area contributed by atoms with E-state index in [-0.39, 0.29) is 32.2 Å². The first-order valence-corrected chi connectivity index (χ1v) is 7.95. The topological polar surface area (TPSA) is 61.4 Å². The Kier molecular flexibility index (Phi) is 5.95. The van der Waals surface area contributed by atoms with Gasteiger partial charge in [0.1, 0.15) is 0 Å². The van der Waals surface area contributed by atoms with Crippen molar-refractivity contribution in [3.05, 3.63) is 56.0 Å². The number of aromatic hydroxyl groups is 1. The average Bonchev–Trinajstić information content (AvgIpc) is 2.46. The summed E-state index contributed by atoms with van der Waals surface area (Å²) in [7, 11) is 0. The predicted molar refractivity (Wildman–Crippen MR) is 98.3 cm³/mol. The van der Waals surface area contributed by atoms with Crippen LogP contribution in [0.4, 0.5) is 5.69 Å². The molecule has 9 heteroatoms. The van der Waals surface area contributed by atoms with Crippen molar-refractivity contribution in [3.8, 4) is 5.75 Å². The summed E-state index contributed by atoms with van der Waals surface area (Å²) in [4.78, 5) is 12.1. The molecule has 0 radical (unpaired) electrons. The predicted octanol–water partition coefficient (Wildman–Crippen LogP) is 5.13. The van der Waals surface area contributed by atoms with Crippen LogP contribution in [0, 0.1) is 0 Å². The van der Waals surface area contributed by atoms with Crippen molar-refractivity contribution in [3.63, 3.8) is 0 Å². The second kappa shape index (κ2) is 7.55. The molecule has 2 rings (SSSR count). The van der Waals surface area contributed by atoms with Gasteiger partial charge in [-0.25, -0.2) is 0 Å². The summed E-state index contributed by atoms with van der Waals surface area (Å²) in [6.45, 7) is 0. The number of phenols is 1. The van der Waals surface area contributed by atoms with Gasteiger partial charge in [0.25, 0.3) is 5.91 Å². The molecule has 0 unspecified atom stereocenters. The normalized spacial score (nSPS) is 10.3. The maximum atomic E-state index is 12.1. The number of amides is 1. The average molecular weight is 410 g/mol. The van der Waals surface area contributed by atoms with Crippen LogP contribution in [0.3, 0.4) is 0 Å². The second-order valence-electron chi connectivity index (χ2n) is 4.32. The summed E-state index contributed by atoms with van der Waals surface area (Å²) in [5.74, 6) is -0.795. The number of halogens is 4. The molecule has 0 bridgehead atoms. The molecule has 3 N–H and O–H groups in total. The van der Waals surface area contributed by atoms with E-state index in [2.05, 4.69) is 10.6 Å². The molecule has 0 fully saturated rings. The molecule has 0 spiro atoms. The van der Waals surface area contributed by atoms with E-state index in [1.807, 2.05) is 0 Å². The number of hydrogen-bond acceptors (Lipinski definition) is 3. The summed E-state index contributed by atoms with van der Waals surface area (Å²) >= 11 is 28.4. The van der Waals surface area contributed by atoms with E-state index in [1.54, 1.807) is 6.07 Å². The van der Waals surface area contributed by atoms with Gasteiger partial charge in [-0.15, -0.1) is 0 Å². The molecular formula is C14H8Cl4N2O2S. The Balaban J connectivity index is 2.14. The maximum Gasteiger partial charge on any atom is 0.258 e. The molecule has 0 aliphatic carbocycles. The Bertz CT molecular complexity index is 799. The zero-order valence-corrected chi connectivity index (χ0v) is 15.0. The van der Waals surface area contributed by atoms with Crippen LogP contribution in [0.2, 0.25) is 20.1 Å². The highest BCUT2D eigenvalue weighted by atomic mass is 35.5. The second-order valence-corrected chi connectivity index (χ2v) is 6.41. The summed E-state index contributed by atoms with van der Waals surface area (Å²) in [6.07, 6.45) is 0. The van der Waals surface area contributed by atoms with Crippen LogP contribution >= 0.6 is 58.6 Å². The number of phenolic OH excluding ortho intramolecular Hbond substituents is 1. The monoisotopic (exact) mass is 408 g/mol. The van der Waals surface area contributed by atoms with Crippen molar-refractivity contribution in [2.45, 2.75) is 0 Å². The molecule has 1 amide bonds. The fraction of sp³-hybridized carbons (Fsp3) is 0. The Morgan fingerprint density at radius 3 is 2.39 bits per heavy atom. The van der Waals surface area contributed by atoms with Crippen molar-refractivity contribution < 1.29 is 9.90 Å². The Morgan fingerprint density at radius 1 is 1.00 bits per heavy atom. The van der Waals surface area contributed by atoms with Crippen molar-refractivity contribution in [2.24, 2.45) is 0 Å². The zero-order valence-electron chi connectivity index (χ0n) is 11.2. The highest BCUT2D eigenvalue weighted by Crippen LogP contribution is 2.34. The molecule has 0 heterocycles. The number of carbonyl (C=O) groups is 1. The lowest BCUT2D eigenvalue weighted by atomic mass is 10.2. The van der Waals surface area contributed by atoms with Crippen molar-refractivity contribution in [2.75, 3.05) is 5.32 Å². The summed E-state index contributed by atoms with van der Waals surface area (Å²) in [6, 6.07) is 7.25. The third-order valence-electron chi connectivity index (χ3n) is 2.68. The fourth-order valence-electron chi connectivity index (χ4n) is 1.66. The molecule has 2 aromatic carbocycles. The lowest BCUT2D eigenvalue weighted by Crippen LogP contribution is -2.34. The summed E-state index contributed by atoms with van der Waals surface area (Å²) < 4.78 is 0. The third kappa shape index (κ3) is 4.62. The highest BCUT2D eigenvalue weighted by molar-refractivity contribution is 7.80. The van der Waals surface area contributed by atoms with Crippen LogP contribution in [-0.4, -0.2) is 16.1 Å². The van der Waals surface area contributed by atoms with Gasteiger partial charge < -0.3 is 10.4 Å². The van der Waals surface area contributed by atoms with Gasteiger partial charge in [0, 0.05) is 10.0 Å². The molecule has 2 aromatic rings. The van der Waals surface area contributed by atoms with E-state index >= 15 is 0 Å². The van der Waals surface area contributed by atoms with Gasteiger partial charge >= 0.3 is 0 Å². The molecule has 0 aliphatic rings. The lowest BCUT2D eigenvalue weighted by molar-refractivity contribution is 0.0978. The van der Waals surface area contributed by atoms with Crippen LogP contribution in [0.15, 0.2) is 30.3 Å². The van der Waals surface area contributed by atoms with E-state index in [0.29, 0.717) is 10.0 Å². The highest BCUT2D eigenvalue weighted by Gasteiger charge is 2.14. The molecule has 23 heavy (non-hydrogen) atoms. The van der Waals surface area contributed by atoms with Crippen molar-refractivity contribution in [1.29, 1.82) is 0 Å². The minimum Gasteiger partial charge on any atom is -0.504 e. The van der Waals surface area contributed by atoms with Crippen LogP contribution in [-0.2, 0) is 0 Å². The first-order chi connectivity index (χ1) is 10.8. The van der Waals surface area contributed by atoms with Gasteiger partial charge in [-0.1, -0.05) is 46.4 Å². The van der Waals surface area contributed by atoms with Crippen LogP contribution in [0.5, 0.6) is 5.75 Å². The van der Waals surface area contributed by atoms with E-state index in [1.165, 1.54) is 24.3 Å². The first kappa shape index (κ1) is 18.1. The van der Waals surface area contributed by atoms with Gasteiger partial charge in [-0.2, -0.15) is 0 Å². The summed E-state index contributed by atoms with van der Waals surface area (Å²) in [5, 5.41) is 15.7. The minimum absolute atomic E-state index is 0.0482. The number of thiocarbonyl (C=S) groups is 1. The number of rotatable bonds is 2. The first-order valence-electron chi connectivity index (χ1n) is 6.03. The Labute approximate surface area is 157 Å². The van der Waals surface area contributed by atoms with E-state index in [0.717, 1.165) is 0 Å². The zero-order chi connectivity index (χ0) is 17.1. The molecular weight excluding hydrogens is 402 g/mol. The SMILES string of the molecule is O=C(NC(=S)Nc1cc(Cl)cc(Cl)c1O)c1cc(Cl)ccc1Cl. The van der Waals surface area contributed by atoms with Gasteiger partial charge in [-0.3, -0.25) is 10.1 Å². The van der Waals surface area contributed by atoms with Crippen LogP contribution in [0.25, 0.3) is 0 Å². The molecule has 0 atom stereocenters. The van der Waals surface area contributed by atoms with E-state index in [4.69, 9.17) is 58.6 Å². The van der Waals surface area contributed by atoms with Crippen LogP contribution in [0.1, 0.15) is 10.4 Å². The lowest BCUT2D eigenvalue weighted by Gasteiger charge is -2.12. The quantitative estimate of drug-likeness (QED) is 0.475. The third-order valence-corrected chi connectivity index (χ3v) is 3.95. The van der Waals surface area contributed by atoms with Gasteiger partial charge in [0.15, 0.2) is 10.9 Å². The number of anilines is 1. The fourth-order valence-corrected chi connectivity index (χ4v) is 2.73. The molecule has 0 aromatic heterocycles. The number of benzene rings is 2.